The third-order valence-corrected chi connectivity index (χ3v) is 5.14. The molecular weight excluding hydrogens is 348 g/mol. The maximum atomic E-state index is 12.9. The Bertz CT molecular complexity index is 1010. The highest BCUT2D eigenvalue weighted by molar-refractivity contribution is 7.22. The van der Waals surface area contributed by atoms with Crippen LogP contribution in [0.15, 0.2) is 59.7 Å². The molecule has 0 aliphatic rings. The van der Waals surface area contributed by atoms with Gasteiger partial charge in [-0.1, -0.05) is 17.4 Å². The van der Waals surface area contributed by atoms with E-state index in [9.17, 15) is 4.79 Å². The van der Waals surface area contributed by atoms with Gasteiger partial charge in [-0.25, -0.2) is 9.97 Å². The van der Waals surface area contributed by atoms with Crippen LogP contribution in [0, 0.1) is 6.92 Å². The molecule has 0 atom stereocenters. The van der Waals surface area contributed by atoms with Crippen LogP contribution in [0.1, 0.15) is 22.5 Å². The van der Waals surface area contributed by atoms with Crippen LogP contribution in [0.4, 0.5) is 5.13 Å². The minimum Gasteiger partial charge on any atom is -0.459 e. The van der Waals surface area contributed by atoms with Gasteiger partial charge in [0.15, 0.2) is 10.9 Å². The molecule has 26 heavy (non-hydrogen) atoms. The number of nitrogens with zero attached hydrogens (tertiary/aromatic N) is 4. The van der Waals surface area contributed by atoms with E-state index in [0.717, 1.165) is 23.2 Å². The number of thiazole rings is 1. The largest absolute Gasteiger partial charge is 0.459 e. The zero-order chi connectivity index (χ0) is 17.9. The summed E-state index contributed by atoms with van der Waals surface area (Å²) in [6.45, 7) is 3.39. The van der Waals surface area contributed by atoms with Crippen molar-refractivity contribution in [2.45, 2.75) is 19.9 Å². The average Bonchev–Trinajstić information content (AvgIpc) is 3.38. The molecule has 0 aliphatic carbocycles. The van der Waals surface area contributed by atoms with Crippen LogP contribution in [0.3, 0.4) is 0 Å². The fraction of sp³-hybridized carbons (Fsp3) is 0.211. The van der Waals surface area contributed by atoms with Crippen molar-refractivity contribution < 1.29 is 9.21 Å². The van der Waals surface area contributed by atoms with E-state index < -0.39 is 0 Å². The van der Waals surface area contributed by atoms with Gasteiger partial charge in [-0.15, -0.1) is 0 Å². The lowest BCUT2D eigenvalue weighted by Gasteiger charge is -2.18. The molecule has 132 valence electrons. The Morgan fingerprint density at radius 3 is 3.04 bits per heavy atom. The van der Waals surface area contributed by atoms with E-state index in [2.05, 4.69) is 23.0 Å². The summed E-state index contributed by atoms with van der Waals surface area (Å²) < 4.78 is 8.39. The zero-order valence-electron chi connectivity index (χ0n) is 14.3. The number of aryl methyl sites for hydroxylation is 2. The Morgan fingerprint density at radius 2 is 2.27 bits per heavy atom. The molecule has 0 saturated heterocycles. The Kier molecular flexibility index (Phi) is 4.53. The number of hydrogen-bond donors (Lipinski definition) is 0. The molecule has 0 radical (unpaired) electrons. The maximum Gasteiger partial charge on any atom is 0.295 e. The predicted octanol–water partition coefficient (Wildman–Crippen LogP) is 4.13. The summed E-state index contributed by atoms with van der Waals surface area (Å²) in [6.07, 6.45) is 7.75. The van der Waals surface area contributed by atoms with Crippen molar-refractivity contribution in [2.75, 3.05) is 11.4 Å². The lowest BCUT2D eigenvalue weighted by Crippen LogP contribution is -2.32. The number of benzene rings is 1. The second-order valence-corrected chi connectivity index (χ2v) is 7.06. The van der Waals surface area contributed by atoms with E-state index in [4.69, 9.17) is 4.42 Å². The first-order chi connectivity index (χ1) is 12.7. The highest BCUT2D eigenvalue weighted by Gasteiger charge is 2.23. The molecule has 6 nitrogen and oxygen atoms in total. The monoisotopic (exact) mass is 366 g/mol. The molecule has 3 aromatic heterocycles. The van der Waals surface area contributed by atoms with Crippen LogP contribution in [0.5, 0.6) is 0 Å². The fourth-order valence-electron chi connectivity index (χ4n) is 2.78. The summed E-state index contributed by atoms with van der Waals surface area (Å²) in [6, 6.07) is 9.52. The lowest BCUT2D eigenvalue weighted by molar-refractivity contribution is 0.0959. The Morgan fingerprint density at radius 1 is 1.35 bits per heavy atom. The number of aromatic nitrogens is 3. The van der Waals surface area contributed by atoms with E-state index in [-0.39, 0.29) is 5.91 Å². The van der Waals surface area contributed by atoms with Gasteiger partial charge < -0.3 is 8.98 Å². The van der Waals surface area contributed by atoms with Gasteiger partial charge in [0, 0.05) is 25.5 Å². The number of hydrogen-bond acceptors (Lipinski definition) is 5. The number of furan rings is 1. The SMILES string of the molecule is Cc1ccc2nc(N(CCCn3ccnc3)C(=O)c3ccco3)sc2c1. The number of imidazole rings is 1. The molecule has 0 aliphatic heterocycles. The van der Waals surface area contributed by atoms with E-state index in [1.807, 2.05) is 22.9 Å². The van der Waals surface area contributed by atoms with Crippen LogP contribution in [0.2, 0.25) is 0 Å². The number of carbonyl (C=O) groups is 1. The standard InChI is InChI=1S/C19H18N4O2S/c1-14-5-6-15-17(12-14)26-19(21-15)23(18(24)16-4-2-11-25-16)9-3-8-22-10-7-20-13-22/h2,4-7,10-13H,3,8-9H2,1H3. The second kappa shape index (κ2) is 7.13. The van der Waals surface area contributed by atoms with Gasteiger partial charge in [0.25, 0.3) is 5.91 Å². The fourth-order valence-corrected chi connectivity index (χ4v) is 3.87. The topological polar surface area (TPSA) is 64.2 Å². The number of carbonyl (C=O) groups excluding carboxylic acids is 1. The summed E-state index contributed by atoms with van der Waals surface area (Å²) in [5.74, 6) is 0.152. The summed E-state index contributed by atoms with van der Waals surface area (Å²) >= 11 is 1.53. The van der Waals surface area contributed by atoms with Gasteiger partial charge in [0.1, 0.15) is 0 Å². The second-order valence-electron chi connectivity index (χ2n) is 6.06. The number of rotatable bonds is 6. The molecule has 0 fully saturated rings. The van der Waals surface area contributed by atoms with E-state index in [0.29, 0.717) is 17.4 Å². The number of anilines is 1. The van der Waals surface area contributed by atoms with Gasteiger partial charge in [-0.3, -0.25) is 9.69 Å². The molecule has 1 amide bonds. The van der Waals surface area contributed by atoms with Crippen LogP contribution in [-0.4, -0.2) is 27.0 Å². The van der Waals surface area contributed by atoms with Crippen LogP contribution >= 0.6 is 11.3 Å². The predicted molar refractivity (Wildman–Crippen MR) is 102 cm³/mol. The first kappa shape index (κ1) is 16.5. The first-order valence-electron chi connectivity index (χ1n) is 8.39. The summed E-state index contributed by atoms with van der Waals surface area (Å²) in [4.78, 5) is 23.3. The Labute approximate surface area is 154 Å². The summed E-state index contributed by atoms with van der Waals surface area (Å²) in [5, 5.41) is 0.692. The average molecular weight is 366 g/mol. The molecule has 0 spiro atoms. The minimum absolute atomic E-state index is 0.170. The molecule has 0 N–H and O–H groups in total. The molecule has 4 aromatic rings. The first-order valence-corrected chi connectivity index (χ1v) is 9.21. The smallest absolute Gasteiger partial charge is 0.295 e. The van der Waals surface area contributed by atoms with Gasteiger partial charge in [0.05, 0.1) is 22.8 Å². The van der Waals surface area contributed by atoms with E-state index in [1.165, 1.54) is 23.2 Å². The van der Waals surface area contributed by atoms with E-state index >= 15 is 0 Å². The van der Waals surface area contributed by atoms with Gasteiger partial charge >= 0.3 is 0 Å². The third-order valence-electron chi connectivity index (χ3n) is 4.10. The molecule has 1 aromatic carbocycles. The molecule has 0 saturated carbocycles. The molecule has 4 rings (SSSR count). The molecule has 7 heteroatoms. The Balaban J connectivity index is 1.61. The number of amides is 1. The van der Waals surface area contributed by atoms with Crippen molar-refractivity contribution in [3.63, 3.8) is 0 Å². The van der Waals surface area contributed by atoms with Crippen LogP contribution in [0.25, 0.3) is 10.2 Å². The highest BCUT2D eigenvalue weighted by Crippen LogP contribution is 2.30. The summed E-state index contributed by atoms with van der Waals surface area (Å²) in [7, 11) is 0. The molecule has 3 heterocycles. The van der Waals surface area contributed by atoms with Crippen LogP contribution in [-0.2, 0) is 6.54 Å². The van der Waals surface area contributed by atoms with Crippen molar-refractivity contribution in [3.8, 4) is 0 Å². The normalized spacial score (nSPS) is 11.1. The highest BCUT2D eigenvalue weighted by atomic mass is 32.1. The van der Waals surface area contributed by atoms with Gasteiger partial charge in [0.2, 0.25) is 0 Å². The summed E-state index contributed by atoms with van der Waals surface area (Å²) in [5.41, 5.74) is 2.08. The third kappa shape index (κ3) is 3.39. The number of fused-ring (bicyclic) bond motifs is 1. The van der Waals surface area contributed by atoms with Gasteiger partial charge in [-0.2, -0.15) is 0 Å². The zero-order valence-corrected chi connectivity index (χ0v) is 15.1. The molecule has 0 unspecified atom stereocenters. The van der Waals surface area contributed by atoms with E-state index in [1.54, 1.807) is 29.6 Å². The van der Waals surface area contributed by atoms with Crippen molar-refractivity contribution in [1.82, 2.24) is 14.5 Å². The van der Waals surface area contributed by atoms with Crippen molar-refractivity contribution in [3.05, 3.63) is 66.6 Å². The molecular formula is C19H18N4O2S. The van der Waals surface area contributed by atoms with Crippen LogP contribution < -0.4 is 4.90 Å². The van der Waals surface area contributed by atoms with Crippen molar-refractivity contribution in [2.24, 2.45) is 0 Å². The van der Waals surface area contributed by atoms with Gasteiger partial charge in [-0.05, 0) is 43.2 Å². The molecule has 0 bridgehead atoms. The quantitative estimate of drug-likeness (QED) is 0.515. The van der Waals surface area contributed by atoms with Crippen molar-refractivity contribution >= 4 is 32.6 Å². The van der Waals surface area contributed by atoms with Crippen molar-refractivity contribution in [1.29, 1.82) is 0 Å². The lowest BCUT2D eigenvalue weighted by atomic mass is 10.2. The Hall–Kier alpha value is -2.93. The maximum absolute atomic E-state index is 12.9. The minimum atomic E-state index is -0.170.